The van der Waals surface area contributed by atoms with Crippen LogP contribution in [0, 0.1) is 11.6 Å². The molecule has 0 aliphatic carbocycles. The molecule has 0 aliphatic rings. The Morgan fingerprint density at radius 3 is 2.65 bits per heavy atom. The Kier molecular flexibility index (Phi) is 3.82. The highest BCUT2D eigenvalue weighted by Gasteiger charge is 2.14. The van der Waals surface area contributed by atoms with E-state index in [1.165, 1.54) is 6.07 Å². The predicted molar refractivity (Wildman–Crippen MR) is 82.4 cm³/mol. The molecule has 2 aromatic carbocycles. The number of halogens is 2. The van der Waals surface area contributed by atoms with Gasteiger partial charge in [0.25, 0.3) is 5.91 Å². The van der Waals surface area contributed by atoms with Gasteiger partial charge in [-0.1, -0.05) is 13.8 Å². The third-order valence-corrected chi connectivity index (χ3v) is 3.34. The molecular weight excluding hydrogens is 302 g/mol. The smallest absolute Gasteiger partial charge is 0.255 e. The lowest BCUT2D eigenvalue weighted by atomic mass is 10.2. The summed E-state index contributed by atoms with van der Waals surface area (Å²) in [7, 11) is 0. The van der Waals surface area contributed by atoms with Crippen LogP contribution in [-0.2, 0) is 0 Å². The van der Waals surface area contributed by atoms with E-state index >= 15 is 0 Å². The number of amides is 1. The number of nitrogens with one attached hydrogen (secondary N) is 1. The first-order chi connectivity index (χ1) is 10.9. The Morgan fingerprint density at radius 1 is 1.17 bits per heavy atom. The maximum atomic E-state index is 13.6. The fourth-order valence-electron chi connectivity index (χ4n) is 2.12. The molecule has 4 nitrogen and oxygen atoms in total. The molecule has 3 rings (SSSR count). The van der Waals surface area contributed by atoms with Crippen molar-refractivity contribution in [3.63, 3.8) is 0 Å². The van der Waals surface area contributed by atoms with Crippen molar-refractivity contribution in [2.24, 2.45) is 0 Å². The van der Waals surface area contributed by atoms with Crippen molar-refractivity contribution in [3.8, 4) is 0 Å². The van der Waals surface area contributed by atoms with Crippen molar-refractivity contribution in [1.29, 1.82) is 0 Å². The van der Waals surface area contributed by atoms with Crippen LogP contribution >= 0.6 is 0 Å². The molecule has 0 atom stereocenters. The van der Waals surface area contributed by atoms with Crippen LogP contribution in [0.2, 0.25) is 0 Å². The number of aromatic nitrogens is 1. The summed E-state index contributed by atoms with van der Waals surface area (Å²) in [6, 6.07) is 7.75. The third kappa shape index (κ3) is 3.06. The summed E-state index contributed by atoms with van der Waals surface area (Å²) in [6.45, 7) is 3.91. The van der Waals surface area contributed by atoms with Gasteiger partial charge in [-0.2, -0.15) is 0 Å². The topological polar surface area (TPSA) is 55.1 Å². The highest BCUT2D eigenvalue weighted by Crippen LogP contribution is 2.23. The van der Waals surface area contributed by atoms with E-state index in [1.54, 1.807) is 18.2 Å². The summed E-state index contributed by atoms with van der Waals surface area (Å²) in [5, 5.41) is 2.41. The zero-order valence-electron chi connectivity index (χ0n) is 12.6. The number of benzene rings is 2. The van der Waals surface area contributed by atoms with Crippen molar-refractivity contribution in [2.75, 3.05) is 5.32 Å². The SMILES string of the molecule is CC(C)c1nc2ccc(C(=O)Nc3ccc(F)cc3F)cc2o1. The number of rotatable bonds is 3. The van der Waals surface area contributed by atoms with E-state index in [0.29, 0.717) is 28.6 Å². The highest BCUT2D eigenvalue weighted by atomic mass is 19.1. The Hall–Kier alpha value is -2.76. The second-order valence-electron chi connectivity index (χ2n) is 5.47. The average Bonchev–Trinajstić information content (AvgIpc) is 2.93. The Labute approximate surface area is 131 Å². The number of fused-ring (bicyclic) bond motifs is 1. The minimum absolute atomic E-state index is 0.0862. The Bertz CT molecular complexity index is 887. The zero-order chi connectivity index (χ0) is 16.6. The highest BCUT2D eigenvalue weighted by molar-refractivity contribution is 6.05. The van der Waals surface area contributed by atoms with Gasteiger partial charge < -0.3 is 9.73 Å². The summed E-state index contributed by atoms with van der Waals surface area (Å²) in [5.74, 6) is -1.33. The van der Waals surface area contributed by atoms with Gasteiger partial charge in [0.1, 0.15) is 17.2 Å². The van der Waals surface area contributed by atoms with Gasteiger partial charge in [0.15, 0.2) is 11.5 Å². The lowest BCUT2D eigenvalue weighted by molar-refractivity contribution is 0.102. The van der Waals surface area contributed by atoms with Gasteiger partial charge in [0.2, 0.25) is 0 Å². The van der Waals surface area contributed by atoms with E-state index in [2.05, 4.69) is 10.3 Å². The van der Waals surface area contributed by atoms with Crippen molar-refractivity contribution < 1.29 is 18.0 Å². The lowest BCUT2D eigenvalue weighted by Gasteiger charge is -2.06. The van der Waals surface area contributed by atoms with Gasteiger partial charge in [-0.3, -0.25) is 4.79 Å². The minimum Gasteiger partial charge on any atom is -0.440 e. The van der Waals surface area contributed by atoms with Gasteiger partial charge in [-0.05, 0) is 30.3 Å². The maximum Gasteiger partial charge on any atom is 0.255 e. The van der Waals surface area contributed by atoms with Crippen LogP contribution < -0.4 is 5.32 Å². The largest absolute Gasteiger partial charge is 0.440 e. The third-order valence-electron chi connectivity index (χ3n) is 3.34. The first-order valence-corrected chi connectivity index (χ1v) is 7.11. The quantitative estimate of drug-likeness (QED) is 0.775. The molecule has 6 heteroatoms. The minimum atomic E-state index is -0.832. The predicted octanol–water partition coefficient (Wildman–Crippen LogP) is 4.48. The van der Waals surface area contributed by atoms with E-state index in [1.807, 2.05) is 13.8 Å². The molecule has 0 saturated carbocycles. The average molecular weight is 316 g/mol. The van der Waals surface area contributed by atoms with Gasteiger partial charge in [0, 0.05) is 17.5 Å². The van der Waals surface area contributed by atoms with Crippen LogP contribution in [0.1, 0.15) is 36.0 Å². The number of oxazole rings is 1. The van der Waals surface area contributed by atoms with E-state index in [-0.39, 0.29) is 11.6 Å². The number of carbonyl (C=O) groups is 1. The summed E-state index contributed by atoms with van der Waals surface area (Å²) in [4.78, 5) is 16.5. The molecule has 1 aromatic heterocycles. The normalized spacial score (nSPS) is 11.2. The fourth-order valence-corrected chi connectivity index (χ4v) is 2.12. The molecule has 118 valence electrons. The molecule has 1 heterocycles. The maximum absolute atomic E-state index is 13.6. The van der Waals surface area contributed by atoms with Crippen molar-refractivity contribution in [3.05, 3.63) is 59.5 Å². The molecule has 3 aromatic rings. The van der Waals surface area contributed by atoms with Crippen LogP contribution in [0.15, 0.2) is 40.8 Å². The van der Waals surface area contributed by atoms with Crippen LogP contribution in [0.5, 0.6) is 0 Å². The van der Waals surface area contributed by atoms with E-state index in [9.17, 15) is 13.6 Å². The second kappa shape index (κ2) is 5.79. The van der Waals surface area contributed by atoms with E-state index in [4.69, 9.17) is 4.42 Å². The van der Waals surface area contributed by atoms with Gasteiger partial charge in [0.05, 0.1) is 5.69 Å². The first-order valence-electron chi connectivity index (χ1n) is 7.11. The summed E-state index contributed by atoms with van der Waals surface area (Å²) >= 11 is 0. The molecule has 0 aliphatic heterocycles. The molecule has 0 fully saturated rings. The van der Waals surface area contributed by atoms with Crippen molar-refractivity contribution in [1.82, 2.24) is 4.98 Å². The number of carbonyl (C=O) groups excluding carboxylic acids is 1. The van der Waals surface area contributed by atoms with Crippen LogP contribution in [0.3, 0.4) is 0 Å². The summed E-state index contributed by atoms with van der Waals surface area (Å²) in [5.41, 5.74) is 1.35. The molecule has 23 heavy (non-hydrogen) atoms. The standard InChI is InChI=1S/C17H14F2N2O2/c1-9(2)17-21-14-5-3-10(7-15(14)23-17)16(22)20-13-6-4-11(18)8-12(13)19/h3-9H,1-2H3,(H,20,22). The zero-order valence-corrected chi connectivity index (χ0v) is 12.6. The number of nitrogens with zero attached hydrogens (tertiary/aromatic N) is 1. The molecule has 0 saturated heterocycles. The Morgan fingerprint density at radius 2 is 1.96 bits per heavy atom. The summed E-state index contributed by atoms with van der Waals surface area (Å²) in [6.07, 6.45) is 0. The van der Waals surface area contributed by atoms with Gasteiger partial charge in [-0.25, -0.2) is 13.8 Å². The molecule has 0 unspecified atom stereocenters. The molecule has 0 radical (unpaired) electrons. The lowest BCUT2D eigenvalue weighted by Crippen LogP contribution is -2.13. The van der Waals surface area contributed by atoms with E-state index in [0.717, 1.165) is 6.07 Å². The molecule has 1 N–H and O–H groups in total. The number of hydrogen-bond donors (Lipinski definition) is 1. The summed E-state index contributed by atoms with van der Waals surface area (Å²) < 4.78 is 32.1. The van der Waals surface area contributed by atoms with Crippen LogP contribution in [-0.4, -0.2) is 10.9 Å². The second-order valence-corrected chi connectivity index (χ2v) is 5.47. The van der Waals surface area contributed by atoms with Crippen molar-refractivity contribution in [2.45, 2.75) is 19.8 Å². The van der Waals surface area contributed by atoms with Crippen molar-refractivity contribution >= 4 is 22.7 Å². The monoisotopic (exact) mass is 316 g/mol. The number of anilines is 1. The first kappa shape index (κ1) is 15.1. The number of hydrogen-bond acceptors (Lipinski definition) is 3. The Balaban J connectivity index is 1.88. The fraction of sp³-hybridized carbons (Fsp3) is 0.176. The van der Waals surface area contributed by atoms with Gasteiger partial charge in [-0.15, -0.1) is 0 Å². The molecule has 0 bridgehead atoms. The molecular formula is C17H14F2N2O2. The van der Waals surface area contributed by atoms with Crippen LogP contribution in [0.25, 0.3) is 11.1 Å². The molecule has 1 amide bonds. The van der Waals surface area contributed by atoms with Gasteiger partial charge >= 0.3 is 0 Å². The van der Waals surface area contributed by atoms with E-state index < -0.39 is 17.5 Å². The molecule has 0 spiro atoms. The van der Waals surface area contributed by atoms with Crippen LogP contribution in [0.4, 0.5) is 14.5 Å².